The van der Waals surface area contributed by atoms with Gasteiger partial charge in [0.1, 0.15) is 17.7 Å². The van der Waals surface area contributed by atoms with Crippen LogP contribution < -0.4 is 20.7 Å². The molecule has 1 fully saturated rings. The summed E-state index contributed by atoms with van der Waals surface area (Å²) in [7, 11) is -10.3. The second kappa shape index (κ2) is 25.6. The molecule has 1 saturated heterocycles. The number of aromatic nitrogens is 2. The third-order valence-electron chi connectivity index (χ3n) is 9.77. The van der Waals surface area contributed by atoms with E-state index in [0.29, 0.717) is 17.5 Å². The molecule has 0 bridgehead atoms. The molecule has 2 N–H and O–H groups in total. The topological polar surface area (TPSA) is 257 Å². The average molecular weight is 906 g/mol. The number of phosphoric ester groups is 2. The first-order chi connectivity index (χ1) is 29.7. The molecule has 62 heavy (non-hydrogen) atoms. The lowest BCUT2D eigenvalue weighted by atomic mass is 10.1. The standard InChI is InChI=1S/C41H57N5O14P2/c1-4-6-8-9-10-11-12-13-14-16-39(48)58-34-23-19-32(20-24-34)28-56-62(53,55-27-31-17-21-33(22-18-31)57-38(47)15-7-5-2)60-61(51,52)54-29-36-35(44-45-42)25-37(59-36)46-26-30(3)40(49)43-41(46)50/h17-24,26,35-37H,4-16,25,27-29H2,1-3H3,(H,51,52)(H,43,49,50)/t35-,36+,37+,62?/m0/s1. The summed E-state index contributed by atoms with van der Waals surface area (Å²) in [6, 6.07) is 11.2. The van der Waals surface area contributed by atoms with Gasteiger partial charge >= 0.3 is 33.3 Å². The Balaban J connectivity index is 1.38. The molecule has 3 aromatic rings. The van der Waals surface area contributed by atoms with Crippen LogP contribution in [0.15, 0.2) is 69.4 Å². The zero-order valence-corrected chi connectivity index (χ0v) is 37.2. The van der Waals surface area contributed by atoms with Gasteiger partial charge in [0.2, 0.25) is 0 Å². The zero-order chi connectivity index (χ0) is 45.0. The molecular formula is C41H57N5O14P2. The lowest BCUT2D eigenvalue weighted by Crippen LogP contribution is -2.33. The highest BCUT2D eigenvalue weighted by Crippen LogP contribution is 2.64. The number of esters is 2. The van der Waals surface area contributed by atoms with Gasteiger partial charge in [-0.15, -0.1) is 0 Å². The summed E-state index contributed by atoms with van der Waals surface area (Å²) in [4.78, 5) is 64.6. The summed E-state index contributed by atoms with van der Waals surface area (Å²) in [5.41, 5.74) is 8.78. The lowest BCUT2D eigenvalue weighted by molar-refractivity contribution is -0.135. The highest BCUT2D eigenvalue weighted by Gasteiger charge is 2.42. The number of rotatable bonds is 28. The highest BCUT2D eigenvalue weighted by molar-refractivity contribution is 7.61. The maximum Gasteiger partial charge on any atom is 0.484 e. The number of hydrogen-bond acceptors (Lipinski definition) is 14. The molecular weight excluding hydrogens is 848 g/mol. The molecule has 0 amide bonds. The predicted molar refractivity (Wildman–Crippen MR) is 227 cm³/mol. The van der Waals surface area contributed by atoms with Crippen LogP contribution in [-0.4, -0.2) is 45.1 Å². The van der Waals surface area contributed by atoms with Crippen LogP contribution >= 0.6 is 15.6 Å². The van der Waals surface area contributed by atoms with Crippen LogP contribution in [0.4, 0.5) is 0 Å². The molecule has 0 radical (unpaired) electrons. The van der Waals surface area contributed by atoms with Crippen molar-refractivity contribution in [3.05, 3.63) is 103 Å². The number of nitrogens with one attached hydrogen (secondary N) is 1. The van der Waals surface area contributed by atoms with Crippen molar-refractivity contribution in [3.63, 3.8) is 0 Å². The fourth-order valence-electron chi connectivity index (χ4n) is 6.31. The summed E-state index contributed by atoms with van der Waals surface area (Å²) in [6.07, 6.45) is 11.1. The summed E-state index contributed by atoms with van der Waals surface area (Å²) < 4.78 is 66.3. The van der Waals surface area contributed by atoms with Gasteiger partial charge in [-0.1, -0.05) is 101 Å². The van der Waals surface area contributed by atoms with Crippen molar-refractivity contribution in [1.29, 1.82) is 0 Å². The second-order valence-electron chi connectivity index (χ2n) is 14.9. The molecule has 5 atom stereocenters. The Morgan fingerprint density at radius 2 is 1.34 bits per heavy atom. The van der Waals surface area contributed by atoms with Crippen LogP contribution in [-0.2, 0) is 54.6 Å². The van der Waals surface area contributed by atoms with E-state index in [1.165, 1.54) is 81.6 Å². The third-order valence-corrected chi connectivity index (χ3v) is 12.8. The summed E-state index contributed by atoms with van der Waals surface area (Å²) in [5.74, 6) is -0.207. The maximum absolute atomic E-state index is 14.0. The lowest BCUT2D eigenvalue weighted by Gasteiger charge is -2.22. The first kappa shape index (κ1) is 50.2. The quantitative estimate of drug-likeness (QED) is 0.0131. The van der Waals surface area contributed by atoms with E-state index < -0.39 is 71.1 Å². The van der Waals surface area contributed by atoms with Crippen molar-refractivity contribution in [1.82, 2.24) is 9.55 Å². The number of phosphoric acid groups is 2. The molecule has 19 nitrogen and oxygen atoms in total. The highest BCUT2D eigenvalue weighted by atomic mass is 31.3. The summed E-state index contributed by atoms with van der Waals surface area (Å²) >= 11 is 0. The number of aryl methyl sites for hydroxylation is 1. The fourth-order valence-corrected chi connectivity index (χ4v) is 8.91. The number of carbonyl (C=O) groups excluding carboxylic acids is 2. The number of hydrogen-bond donors (Lipinski definition) is 2. The molecule has 1 aromatic heterocycles. The van der Waals surface area contributed by atoms with Gasteiger partial charge in [-0.3, -0.25) is 37.5 Å². The maximum atomic E-state index is 14.0. The van der Waals surface area contributed by atoms with Crippen molar-refractivity contribution in [2.24, 2.45) is 5.11 Å². The summed E-state index contributed by atoms with van der Waals surface area (Å²) in [5, 5.41) is 3.66. The Bertz CT molecular complexity index is 2160. The van der Waals surface area contributed by atoms with E-state index in [9.17, 15) is 33.2 Å². The van der Waals surface area contributed by atoms with Crippen molar-refractivity contribution < 1.29 is 55.7 Å². The van der Waals surface area contributed by atoms with Crippen LogP contribution in [0.2, 0.25) is 0 Å². The molecule has 0 spiro atoms. The Labute approximate surface area is 360 Å². The van der Waals surface area contributed by atoms with E-state index in [2.05, 4.69) is 21.9 Å². The van der Waals surface area contributed by atoms with E-state index in [0.717, 1.165) is 36.7 Å². The number of H-pyrrole nitrogens is 1. The number of azide groups is 1. The monoisotopic (exact) mass is 905 g/mol. The molecule has 2 unspecified atom stereocenters. The summed E-state index contributed by atoms with van der Waals surface area (Å²) in [6.45, 7) is 3.99. The predicted octanol–water partition coefficient (Wildman–Crippen LogP) is 9.41. The van der Waals surface area contributed by atoms with Crippen LogP contribution in [0.25, 0.3) is 10.4 Å². The van der Waals surface area contributed by atoms with Crippen LogP contribution in [0.3, 0.4) is 0 Å². The number of aromatic amines is 1. The van der Waals surface area contributed by atoms with Gasteiger partial charge in [0, 0.05) is 35.9 Å². The molecule has 1 aliphatic rings. The van der Waals surface area contributed by atoms with Gasteiger partial charge in [0.15, 0.2) is 0 Å². The molecule has 340 valence electrons. The van der Waals surface area contributed by atoms with Crippen LogP contribution in [0.5, 0.6) is 11.5 Å². The van der Waals surface area contributed by atoms with Crippen LogP contribution in [0.1, 0.15) is 127 Å². The van der Waals surface area contributed by atoms with Crippen LogP contribution in [0, 0.1) is 6.92 Å². The van der Waals surface area contributed by atoms with Gasteiger partial charge in [-0.2, -0.15) is 4.31 Å². The van der Waals surface area contributed by atoms with Gasteiger partial charge in [0.25, 0.3) is 5.56 Å². The van der Waals surface area contributed by atoms with Gasteiger partial charge in [-0.25, -0.2) is 13.9 Å². The third kappa shape index (κ3) is 17.4. The Morgan fingerprint density at radius 3 is 1.87 bits per heavy atom. The van der Waals surface area contributed by atoms with Gasteiger partial charge in [0.05, 0.1) is 32.0 Å². The Morgan fingerprint density at radius 1 is 0.823 bits per heavy atom. The van der Waals surface area contributed by atoms with E-state index in [4.69, 9.17) is 37.6 Å². The molecule has 4 rings (SSSR count). The van der Waals surface area contributed by atoms with Crippen molar-refractivity contribution in [3.8, 4) is 11.5 Å². The van der Waals surface area contributed by atoms with Crippen molar-refractivity contribution >= 4 is 27.6 Å². The molecule has 21 heteroatoms. The normalized spacial score (nSPS) is 18.0. The van der Waals surface area contributed by atoms with Crippen molar-refractivity contribution in [2.45, 2.75) is 142 Å². The minimum absolute atomic E-state index is 0.0567. The number of ether oxygens (including phenoxy) is 3. The van der Waals surface area contributed by atoms with E-state index in [1.807, 2.05) is 6.92 Å². The minimum Gasteiger partial charge on any atom is -0.427 e. The van der Waals surface area contributed by atoms with Crippen molar-refractivity contribution in [2.75, 3.05) is 6.61 Å². The molecule has 2 heterocycles. The largest absolute Gasteiger partial charge is 0.484 e. The number of carbonyl (C=O) groups is 2. The Hall–Kier alpha value is -4.41. The smallest absolute Gasteiger partial charge is 0.427 e. The molecule has 0 aliphatic carbocycles. The first-order valence-electron chi connectivity index (χ1n) is 20.9. The number of nitrogens with zero attached hydrogens (tertiary/aromatic N) is 4. The van der Waals surface area contributed by atoms with Gasteiger partial charge in [-0.05, 0) is 60.7 Å². The number of benzene rings is 2. The SMILES string of the molecule is CCCCCCCCCCCC(=O)Oc1ccc(COP(=O)(OCc2ccc(OC(=O)CCCC)cc2)OP(=O)(O)OC[C@H]2O[C@@H](n3cc(C)c(=O)[nH]c3=O)C[C@@H]2N=[N+]=[N-])cc1. The zero-order valence-electron chi connectivity index (χ0n) is 35.4. The molecule has 1 aliphatic heterocycles. The second-order valence-corrected chi connectivity index (χ2v) is 18.1. The molecule has 2 aromatic carbocycles. The molecule has 0 saturated carbocycles. The number of unbranched alkanes of at least 4 members (excludes halogenated alkanes) is 9. The average Bonchev–Trinajstić information content (AvgIpc) is 3.64. The van der Waals surface area contributed by atoms with E-state index in [-0.39, 0.29) is 42.3 Å². The Kier molecular flexibility index (Phi) is 20.8. The van der Waals surface area contributed by atoms with E-state index >= 15 is 0 Å². The first-order valence-corrected chi connectivity index (χ1v) is 23.9. The fraction of sp³-hybridized carbons (Fsp3) is 0.561. The van der Waals surface area contributed by atoms with E-state index in [1.54, 1.807) is 12.1 Å². The minimum atomic E-state index is -5.31. The van der Waals surface area contributed by atoms with Gasteiger partial charge < -0.3 is 19.1 Å².